The van der Waals surface area contributed by atoms with E-state index in [-0.39, 0.29) is 0 Å². The number of benzene rings is 3. The van der Waals surface area contributed by atoms with Crippen molar-refractivity contribution >= 4 is 10.8 Å². The molecule has 0 aliphatic heterocycles. The molecule has 0 aliphatic carbocycles. The Labute approximate surface area is 139 Å². The Morgan fingerprint density at radius 3 is 2.25 bits per heavy atom. The highest BCUT2D eigenvalue weighted by molar-refractivity contribution is 5.88. The van der Waals surface area contributed by atoms with Crippen LogP contribution >= 0.6 is 0 Å². The molecule has 0 bridgehead atoms. The van der Waals surface area contributed by atoms with Gasteiger partial charge in [0.25, 0.3) is 0 Å². The third-order valence-corrected chi connectivity index (χ3v) is 4.03. The van der Waals surface area contributed by atoms with E-state index < -0.39 is 17.2 Å². The third kappa shape index (κ3) is 3.04. The molecule has 0 N–H and O–H groups in total. The van der Waals surface area contributed by atoms with Crippen LogP contribution in [0.5, 0.6) is 0 Å². The van der Waals surface area contributed by atoms with Crippen molar-refractivity contribution in [2.75, 3.05) is 0 Å². The first-order chi connectivity index (χ1) is 11.6. The van der Waals surface area contributed by atoms with Gasteiger partial charge in [0.1, 0.15) is 23.3 Å². The summed E-state index contributed by atoms with van der Waals surface area (Å²) < 4.78 is 27.6. The first-order valence-corrected chi connectivity index (χ1v) is 7.65. The lowest BCUT2D eigenvalue weighted by molar-refractivity contribution is 0.577. The van der Waals surface area contributed by atoms with E-state index in [0.717, 1.165) is 23.6 Å². The van der Waals surface area contributed by atoms with Gasteiger partial charge in [-0.2, -0.15) is 5.26 Å². The summed E-state index contributed by atoms with van der Waals surface area (Å²) >= 11 is 0. The van der Waals surface area contributed by atoms with Crippen LogP contribution < -0.4 is 0 Å². The minimum Gasteiger partial charge on any atom is -0.205 e. The minimum atomic E-state index is -0.840. The molecule has 0 saturated carbocycles. The number of rotatable bonds is 4. The molecule has 0 heterocycles. The zero-order valence-corrected chi connectivity index (χ0v) is 13.0. The Bertz CT molecular complexity index is 944. The molecule has 3 aromatic carbocycles. The van der Waals surface area contributed by atoms with Gasteiger partial charge in [0.15, 0.2) is 0 Å². The quantitative estimate of drug-likeness (QED) is 0.560. The molecule has 0 aromatic heterocycles. The van der Waals surface area contributed by atoms with Crippen molar-refractivity contribution in [3.63, 3.8) is 0 Å². The second-order valence-corrected chi connectivity index (χ2v) is 5.65. The van der Waals surface area contributed by atoms with Crippen LogP contribution in [0, 0.1) is 23.0 Å². The van der Waals surface area contributed by atoms with Crippen LogP contribution in [0.25, 0.3) is 21.9 Å². The Kier molecular flexibility index (Phi) is 4.39. The van der Waals surface area contributed by atoms with Gasteiger partial charge in [-0.15, -0.1) is 6.58 Å². The van der Waals surface area contributed by atoms with Crippen molar-refractivity contribution in [2.45, 2.75) is 12.8 Å². The van der Waals surface area contributed by atoms with Gasteiger partial charge < -0.3 is 0 Å². The topological polar surface area (TPSA) is 23.8 Å². The fourth-order valence-corrected chi connectivity index (χ4v) is 2.75. The summed E-state index contributed by atoms with van der Waals surface area (Å²) in [6, 6.07) is 15.8. The summed E-state index contributed by atoms with van der Waals surface area (Å²) in [7, 11) is 0. The summed E-state index contributed by atoms with van der Waals surface area (Å²) in [5.74, 6) is -1.68. The molecule has 118 valence electrons. The minimum absolute atomic E-state index is 0.418. The van der Waals surface area contributed by atoms with Crippen molar-refractivity contribution in [1.82, 2.24) is 0 Å². The average molecular weight is 319 g/mol. The molecule has 0 aliphatic rings. The number of nitrogens with zero attached hydrogens (tertiary/aromatic N) is 1. The normalized spacial score (nSPS) is 10.5. The maximum Gasteiger partial charge on any atom is 0.144 e. The summed E-state index contributed by atoms with van der Waals surface area (Å²) in [4.78, 5) is 0. The second kappa shape index (κ2) is 6.64. The van der Waals surface area contributed by atoms with Crippen LogP contribution in [0.4, 0.5) is 8.78 Å². The Morgan fingerprint density at radius 2 is 1.58 bits per heavy atom. The summed E-state index contributed by atoms with van der Waals surface area (Å²) in [6.45, 7) is 3.73. The molecule has 0 saturated heterocycles. The molecule has 24 heavy (non-hydrogen) atoms. The molecule has 3 rings (SSSR count). The highest BCUT2D eigenvalue weighted by Crippen LogP contribution is 2.28. The van der Waals surface area contributed by atoms with Crippen LogP contribution in [0.1, 0.15) is 17.5 Å². The van der Waals surface area contributed by atoms with Gasteiger partial charge in [-0.25, -0.2) is 8.78 Å². The zero-order chi connectivity index (χ0) is 17.1. The SMILES string of the molecule is C=CCCc1ccc2cc(-c3cc(F)c(C#N)c(F)c3)ccc2c1. The second-order valence-electron chi connectivity index (χ2n) is 5.65. The third-order valence-electron chi connectivity index (χ3n) is 4.03. The molecule has 0 spiro atoms. The van der Waals surface area contributed by atoms with Crippen LogP contribution in [0.15, 0.2) is 61.2 Å². The average Bonchev–Trinajstić information content (AvgIpc) is 2.59. The van der Waals surface area contributed by atoms with E-state index in [9.17, 15) is 8.78 Å². The van der Waals surface area contributed by atoms with E-state index in [2.05, 4.69) is 18.7 Å². The van der Waals surface area contributed by atoms with Gasteiger partial charge in [0.05, 0.1) is 0 Å². The van der Waals surface area contributed by atoms with E-state index in [1.807, 2.05) is 30.3 Å². The molecule has 0 amide bonds. The standard InChI is InChI=1S/C21H15F2N/c1-2-3-4-14-5-6-16-10-17(8-7-15(16)9-14)18-11-20(22)19(13-24)21(23)12-18/h2,5-12H,1,3-4H2. The lowest BCUT2D eigenvalue weighted by Crippen LogP contribution is -1.92. The predicted molar refractivity (Wildman–Crippen MR) is 92.5 cm³/mol. The highest BCUT2D eigenvalue weighted by atomic mass is 19.1. The van der Waals surface area contributed by atoms with E-state index in [4.69, 9.17) is 5.26 Å². The van der Waals surface area contributed by atoms with Crippen molar-refractivity contribution in [3.8, 4) is 17.2 Å². The molecule has 3 aromatic rings. The first kappa shape index (κ1) is 15.9. The number of allylic oxidation sites excluding steroid dienone is 1. The van der Waals surface area contributed by atoms with Crippen molar-refractivity contribution in [1.29, 1.82) is 5.26 Å². The largest absolute Gasteiger partial charge is 0.205 e. The highest BCUT2D eigenvalue weighted by Gasteiger charge is 2.12. The Hall–Kier alpha value is -2.99. The first-order valence-electron chi connectivity index (χ1n) is 7.65. The molecule has 0 atom stereocenters. The zero-order valence-electron chi connectivity index (χ0n) is 13.0. The monoisotopic (exact) mass is 319 g/mol. The van der Waals surface area contributed by atoms with Crippen LogP contribution in [0.2, 0.25) is 0 Å². The lowest BCUT2D eigenvalue weighted by atomic mass is 9.98. The number of hydrogen-bond acceptors (Lipinski definition) is 1. The molecular formula is C21H15F2N. The van der Waals surface area contributed by atoms with Gasteiger partial charge in [-0.3, -0.25) is 0 Å². The van der Waals surface area contributed by atoms with Crippen molar-refractivity contribution < 1.29 is 8.78 Å². The van der Waals surface area contributed by atoms with E-state index in [1.54, 1.807) is 0 Å². The van der Waals surface area contributed by atoms with E-state index in [1.165, 1.54) is 23.8 Å². The molecule has 0 radical (unpaired) electrons. The van der Waals surface area contributed by atoms with Crippen molar-refractivity contribution in [2.24, 2.45) is 0 Å². The molecule has 0 unspecified atom stereocenters. The van der Waals surface area contributed by atoms with E-state index in [0.29, 0.717) is 11.1 Å². The number of halogens is 2. The summed E-state index contributed by atoms with van der Waals surface area (Å²) in [6.07, 6.45) is 3.75. The lowest BCUT2D eigenvalue weighted by Gasteiger charge is -2.07. The molecule has 1 nitrogen and oxygen atoms in total. The van der Waals surface area contributed by atoms with E-state index >= 15 is 0 Å². The molecule has 0 fully saturated rings. The number of aryl methyl sites for hydroxylation is 1. The summed E-state index contributed by atoms with van der Waals surface area (Å²) in [5, 5.41) is 10.8. The maximum absolute atomic E-state index is 13.8. The van der Waals surface area contributed by atoms with Gasteiger partial charge in [-0.1, -0.05) is 36.4 Å². The molecular weight excluding hydrogens is 304 g/mol. The number of hydrogen-bond donors (Lipinski definition) is 0. The maximum atomic E-state index is 13.8. The van der Waals surface area contributed by atoms with Crippen LogP contribution in [-0.4, -0.2) is 0 Å². The van der Waals surface area contributed by atoms with Crippen LogP contribution in [0.3, 0.4) is 0 Å². The van der Waals surface area contributed by atoms with Crippen molar-refractivity contribution in [3.05, 3.63) is 83.9 Å². The van der Waals surface area contributed by atoms with Gasteiger partial charge in [-0.05, 0) is 58.5 Å². The van der Waals surface area contributed by atoms with Gasteiger partial charge >= 0.3 is 0 Å². The molecule has 3 heteroatoms. The van der Waals surface area contributed by atoms with Crippen LogP contribution in [-0.2, 0) is 6.42 Å². The summed E-state index contributed by atoms with van der Waals surface area (Å²) in [5.41, 5.74) is 1.81. The number of fused-ring (bicyclic) bond motifs is 1. The van der Waals surface area contributed by atoms with Gasteiger partial charge in [0.2, 0.25) is 0 Å². The Balaban J connectivity index is 2.02. The fourth-order valence-electron chi connectivity index (χ4n) is 2.75. The number of nitriles is 1. The van der Waals surface area contributed by atoms with Gasteiger partial charge in [0, 0.05) is 0 Å². The Morgan fingerprint density at radius 1 is 0.917 bits per heavy atom. The fraction of sp³-hybridized carbons (Fsp3) is 0.0952. The smallest absolute Gasteiger partial charge is 0.144 e. The predicted octanol–water partition coefficient (Wildman–Crippen LogP) is 5.78.